The van der Waals surface area contributed by atoms with E-state index in [-0.39, 0.29) is 22.8 Å². The number of ketones is 1. The van der Waals surface area contributed by atoms with Gasteiger partial charge in [0.2, 0.25) is 0 Å². The standard InChI is InChI=1S/C23H12F6N4O/c24-22(25,26)17-5-1-13(2-6-17)20-30-9-15(10-31-20)19(34)16-11-32-21(33-12-16)14-3-7-18(8-4-14)23(27,28)29/h1-12H. The van der Waals surface area contributed by atoms with Crippen molar-refractivity contribution >= 4 is 5.78 Å². The van der Waals surface area contributed by atoms with Gasteiger partial charge in [0.15, 0.2) is 17.4 Å². The molecule has 0 atom stereocenters. The topological polar surface area (TPSA) is 68.6 Å². The SMILES string of the molecule is O=C(c1cnc(-c2ccc(C(F)(F)F)cc2)nc1)c1cnc(-c2ccc(C(F)(F)F)cc2)nc1. The molecule has 5 nitrogen and oxygen atoms in total. The van der Waals surface area contributed by atoms with E-state index in [4.69, 9.17) is 0 Å². The molecule has 0 saturated carbocycles. The second-order valence-corrected chi connectivity index (χ2v) is 7.07. The fourth-order valence-corrected chi connectivity index (χ4v) is 2.97. The van der Waals surface area contributed by atoms with Crippen molar-refractivity contribution in [2.24, 2.45) is 0 Å². The molecule has 0 aliphatic heterocycles. The molecule has 34 heavy (non-hydrogen) atoms. The van der Waals surface area contributed by atoms with Gasteiger partial charge in [-0.15, -0.1) is 0 Å². The molecule has 0 unspecified atom stereocenters. The Bertz CT molecular complexity index is 1200. The van der Waals surface area contributed by atoms with E-state index in [0.29, 0.717) is 11.1 Å². The molecule has 0 aliphatic rings. The number of benzene rings is 2. The Kier molecular flexibility index (Phi) is 5.86. The molecule has 0 fully saturated rings. The molecule has 2 heterocycles. The molecule has 172 valence electrons. The smallest absolute Gasteiger partial charge is 0.288 e. The van der Waals surface area contributed by atoms with Crippen LogP contribution in [0.5, 0.6) is 0 Å². The van der Waals surface area contributed by atoms with Crippen LogP contribution in [-0.2, 0) is 12.4 Å². The van der Waals surface area contributed by atoms with E-state index in [1.165, 1.54) is 49.1 Å². The quantitative estimate of drug-likeness (QED) is 0.273. The van der Waals surface area contributed by atoms with E-state index < -0.39 is 29.3 Å². The molecule has 4 rings (SSSR count). The van der Waals surface area contributed by atoms with Gasteiger partial charge in [-0.3, -0.25) is 4.79 Å². The van der Waals surface area contributed by atoms with Gasteiger partial charge in [0.25, 0.3) is 0 Å². The van der Waals surface area contributed by atoms with Gasteiger partial charge in [-0.25, -0.2) is 19.9 Å². The summed E-state index contributed by atoms with van der Waals surface area (Å²) >= 11 is 0. The number of aromatic nitrogens is 4. The normalized spacial score (nSPS) is 11.9. The van der Waals surface area contributed by atoms with Crippen molar-refractivity contribution in [3.8, 4) is 22.8 Å². The zero-order valence-corrected chi connectivity index (χ0v) is 16.9. The first-order chi connectivity index (χ1) is 16.0. The fourth-order valence-electron chi connectivity index (χ4n) is 2.97. The van der Waals surface area contributed by atoms with Crippen molar-refractivity contribution < 1.29 is 31.1 Å². The molecule has 2 aromatic heterocycles. The highest BCUT2D eigenvalue weighted by Crippen LogP contribution is 2.31. The third-order valence-corrected chi connectivity index (χ3v) is 4.77. The summed E-state index contributed by atoms with van der Waals surface area (Å²) in [6.07, 6.45) is -4.00. The van der Waals surface area contributed by atoms with Gasteiger partial charge >= 0.3 is 12.4 Å². The van der Waals surface area contributed by atoms with Gasteiger partial charge in [-0.2, -0.15) is 26.3 Å². The zero-order chi connectivity index (χ0) is 24.5. The molecule has 0 radical (unpaired) electrons. The van der Waals surface area contributed by atoms with Crippen molar-refractivity contribution in [2.45, 2.75) is 12.4 Å². The van der Waals surface area contributed by atoms with Crippen LogP contribution in [0.15, 0.2) is 73.3 Å². The minimum Gasteiger partial charge on any atom is -0.288 e. The second-order valence-electron chi connectivity index (χ2n) is 7.07. The van der Waals surface area contributed by atoms with E-state index in [0.717, 1.165) is 24.3 Å². The van der Waals surface area contributed by atoms with Crippen LogP contribution in [-0.4, -0.2) is 25.7 Å². The predicted molar refractivity (Wildman–Crippen MR) is 108 cm³/mol. The number of hydrogen-bond acceptors (Lipinski definition) is 5. The molecule has 2 aromatic carbocycles. The predicted octanol–water partition coefficient (Wildman–Crippen LogP) is 5.87. The lowest BCUT2D eigenvalue weighted by Crippen LogP contribution is -2.06. The molecule has 0 N–H and O–H groups in total. The number of nitrogens with zero attached hydrogens (tertiary/aromatic N) is 4. The van der Waals surface area contributed by atoms with E-state index in [9.17, 15) is 31.1 Å². The third-order valence-electron chi connectivity index (χ3n) is 4.77. The number of hydrogen-bond donors (Lipinski definition) is 0. The first-order valence-electron chi connectivity index (χ1n) is 9.56. The molecule has 11 heteroatoms. The first-order valence-corrected chi connectivity index (χ1v) is 9.56. The monoisotopic (exact) mass is 474 g/mol. The molecule has 0 amide bonds. The van der Waals surface area contributed by atoms with Crippen molar-refractivity contribution in [3.63, 3.8) is 0 Å². The molecule has 0 bridgehead atoms. The number of halogens is 6. The summed E-state index contributed by atoms with van der Waals surface area (Å²) in [4.78, 5) is 28.8. The molecular weight excluding hydrogens is 462 g/mol. The highest BCUT2D eigenvalue weighted by molar-refractivity contribution is 6.08. The number of carbonyl (C=O) groups excluding carboxylic acids is 1. The summed E-state index contributed by atoms with van der Waals surface area (Å²) in [7, 11) is 0. The maximum atomic E-state index is 12.7. The van der Waals surface area contributed by atoms with E-state index in [1.54, 1.807) is 0 Å². The lowest BCUT2D eigenvalue weighted by atomic mass is 10.1. The van der Waals surface area contributed by atoms with Crippen LogP contribution in [0, 0.1) is 0 Å². The maximum absolute atomic E-state index is 12.7. The Morgan fingerprint density at radius 3 is 1.09 bits per heavy atom. The second kappa shape index (κ2) is 8.65. The maximum Gasteiger partial charge on any atom is 0.416 e. The number of alkyl halides is 6. The summed E-state index contributed by atoms with van der Waals surface area (Å²) in [6, 6.07) is 8.56. The first kappa shape index (κ1) is 23.0. The van der Waals surface area contributed by atoms with Crippen LogP contribution < -0.4 is 0 Å². The minimum absolute atomic E-state index is 0.0986. The minimum atomic E-state index is -4.46. The number of carbonyl (C=O) groups is 1. The van der Waals surface area contributed by atoms with Crippen LogP contribution >= 0.6 is 0 Å². The van der Waals surface area contributed by atoms with Crippen molar-refractivity contribution in [1.29, 1.82) is 0 Å². The average Bonchev–Trinajstić information content (AvgIpc) is 2.83. The summed E-state index contributed by atoms with van der Waals surface area (Å²) < 4.78 is 76.1. The van der Waals surface area contributed by atoms with Gasteiger partial charge in [0.05, 0.1) is 22.3 Å². The Morgan fingerprint density at radius 2 is 0.824 bits per heavy atom. The average molecular weight is 474 g/mol. The third kappa shape index (κ3) is 4.92. The van der Waals surface area contributed by atoms with Crippen LogP contribution in [0.3, 0.4) is 0 Å². The summed E-state index contributed by atoms with van der Waals surface area (Å²) in [6.45, 7) is 0. The lowest BCUT2D eigenvalue weighted by molar-refractivity contribution is -0.138. The summed E-state index contributed by atoms with van der Waals surface area (Å²) in [5.41, 5.74) is -0.721. The van der Waals surface area contributed by atoms with Gasteiger partial charge in [-0.05, 0) is 24.3 Å². The van der Waals surface area contributed by atoms with Crippen molar-refractivity contribution in [3.05, 3.63) is 95.6 Å². The van der Waals surface area contributed by atoms with Crippen LogP contribution in [0.25, 0.3) is 22.8 Å². The van der Waals surface area contributed by atoms with E-state index >= 15 is 0 Å². The summed E-state index contributed by atoms with van der Waals surface area (Å²) in [5.74, 6) is -0.226. The largest absolute Gasteiger partial charge is 0.416 e. The van der Waals surface area contributed by atoms with Crippen LogP contribution in [0.1, 0.15) is 27.0 Å². The fraction of sp³-hybridized carbons (Fsp3) is 0.0870. The van der Waals surface area contributed by atoms with E-state index in [1.807, 2.05) is 0 Å². The Balaban J connectivity index is 1.49. The molecular formula is C23H12F6N4O. The molecule has 0 saturated heterocycles. The molecule has 4 aromatic rings. The lowest BCUT2D eigenvalue weighted by Gasteiger charge is -2.08. The van der Waals surface area contributed by atoms with Gasteiger partial charge in [0, 0.05) is 35.9 Å². The highest BCUT2D eigenvalue weighted by atomic mass is 19.4. The van der Waals surface area contributed by atoms with Gasteiger partial charge < -0.3 is 0 Å². The van der Waals surface area contributed by atoms with Crippen LogP contribution in [0.4, 0.5) is 26.3 Å². The highest BCUT2D eigenvalue weighted by Gasteiger charge is 2.30. The Morgan fingerprint density at radius 1 is 0.529 bits per heavy atom. The molecule has 0 aliphatic carbocycles. The van der Waals surface area contributed by atoms with Crippen molar-refractivity contribution in [2.75, 3.05) is 0 Å². The van der Waals surface area contributed by atoms with Gasteiger partial charge in [-0.1, -0.05) is 24.3 Å². The van der Waals surface area contributed by atoms with Crippen LogP contribution in [0.2, 0.25) is 0 Å². The number of rotatable bonds is 4. The van der Waals surface area contributed by atoms with Gasteiger partial charge in [0.1, 0.15) is 0 Å². The molecule has 0 spiro atoms. The zero-order valence-electron chi connectivity index (χ0n) is 16.9. The summed E-state index contributed by atoms with van der Waals surface area (Å²) in [5, 5.41) is 0. The Labute approximate surface area is 188 Å². The van der Waals surface area contributed by atoms with E-state index in [2.05, 4.69) is 19.9 Å². The van der Waals surface area contributed by atoms with Crippen molar-refractivity contribution in [1.82, 2.24) is 19.9 Å². The Hall–Kier alpha value is -4.15.